The zero-order valence-electron chi connectivity index (χ0n) is 12.0. The lowest BCUT2D eigenvalue weighted by atomic mass is 10.0. The molecular formula is C17H13ClFNO3. The third-order valence-corrected chi connectivity index (χ3v) is 4.05. The van der Waals surface area contributed by atoms with Crippen LogP contribution in [0.3, 0.4) is 0 Å². The van der Waals surface area contributed by atoms with Gasteiger partial charge in [-0.15, -0.1) is 0 Å². The van der Waals surface area contributed by atoms with Crippen LogP contribution >= 0.6 is 11.6 Å². The Morgan fingerprint density at radius 3 is 2.52 bits per heavy atom. The van der Waals surface area contributed by atoms with Gasteiger partial charge in [-0.25, -0.2) is 9.18 Å². The van der Waals surface area contributed by atoms with Crippen molar-refractivity contribution in [2.24, 2.45) is 0 Å². The normalized spacial score (nSPS) is 18.0. The summed E-state index contributed by atoms with van der Waals surface area (Å²) in [5, 5.41) is 0.511. The van der Waals surface area contributed by atoms with Gasteiger partial charge in [0.1, 0.15) is 5.82 Å². The fourth-order valence-corrected chi connectivity index (χ4v) is 2.71. The van der Waals surface area contributed by atoms with E-state index in [-0.39, 0.29) is 19.1 Å². The maximum atomic E-state index is 13.1. The molecule has 0 aliphatic carbocycles. The zero-order chi connectivity index (χ0) is 16.4. The first-order chi connectivity index (χ1) is 11.1. The fourth-order valence-electron chi connectivity index (χ4n) is 2.52. The first-order valence-corrected chi connectivity index (χ1v) is 7.39. The molecule has 6 heteroatoms. The average molecular weight is 334 g/mol. The van der Waals surface area contributed by atoms with Crippen molar-refractivity contribution in [1.29, 1.82) is 0 Å². The second kappa shape index (κ2) is 6.38. The van der Waals surface area contributed by atoms with Gasteiger partial charge in [0.2, 0.25) is 0 Å². The molecule has 1 amide bonds. The Morgan fingerprint density at radius 1 is 1.13 bits per heavy atom. The molecule has 3 rings (SSSR count). The number of benzene rings is 2. The minimum atomic E-state index is -0.909. The molecule has 0 N–H and O–H groups in total. The molecule has 0 bridgehead atoms. The van der Waals surface area contributed by atoms with Gasteiger partial charge in [-0.05, 0) is 29.3 Å². The number of amides is 1. The second-order valence-electron chi connectivity index (χ2n) is 5.17. The lowest BCUT2D eigenvalue weighted by Crippen LogP contribution is -2.46. The first-order valence-electron chi connectivity index (χ1n) is 7.01. The number of nitrogens with zero attached hydrogens (tertiary/aromatic N) is 1. The lowest BCUT2D eigenvalue weighted by Gasteiger charge is -2.34. The highest BCUT2D eigenvalue weighted by Crippen LogP contribution is 2.29. The van der Waals surface area contributed by atoms with Crippen LogP contribution in [0.25, 0.3) is 0 Å². The van der Waals surface area contributed by atoms with Crippen LogP contribution in [-0.4, -0.2) is 23.4 Å². The van der Waals surface area contributed by atoms with Crippen molar-refractivity contribution in [2.75, 3.05) is 6.61 Å². The molecule has 1 fully saturated rings. The minimum absolute atomic E-state index is 0.176. The van der Waals surface area contributed by atoms with Gasteiger partial charge in [-0.3, -0.25) is 4.79 Å². The van der Waals surface area contributed by atoms with Crippen molar-refractivity contribution in [3.05, 3.63) is 70.5 Å². The van der Waals surface area contributed by atoms with Gasteiger partial charge in [-0.2, -0.15) is 0 Å². The van der Waals surface area contributed by atoms with E-state index in [0.29, 0.717) is 10.6 Å². The van der Waals surface area contributed by atoms with Crippen LogP contribution in [0, 0.1) is 5.82 Å². The smallest absolute Gasteiger partial charge is 0.334 e. The standard InChI is InChI=1S/C17H13ClFNO3/c18-14-4-2-1-3-12(14)9-20-15(21)10-23-17(22)16(20)11-5-7-13(19)8-6-11/h1-8,16H,9-10H2. The van der Waals surface area contributed by atoms with Crippen LogP contribution in [-0.2, 0) is 20.9 Å². The number of hydrogen-bond acceptors (Lipinski definition) is 3. The van der Waals surface area contributed by atoms with E-state index < -0.39 is 17.8 Å². The molecule has 118 valence electrons. The molecule has 0 spiro atoms. The van der Waals surface area contributed by atoms with E-state index in [2.05, 4.69) is 0 Å². The molecule has 23 heavy (non-hydrogen) atoms. The van der Waals surface area contributed by atoms with E-state index in [0.717, 1.165) is 5.56 Å². The Hall–Kier alpha value is -2.40. The highest BCUT2D eigenvalue weighted by molar-refractivity contribution is 6.31. The number of cyclic esters (lactones) is 1. The van der Waals surface area contributed by atoms with Gasteiger partial charge in [0.25, 0.3) is 5.91 Å². The molecule has 2 aromatic carbocycles. The molecule has 4 nitrogen and oxygen atoms in total. The minimum Gasteiger partial charge on any atom is -0.454 e. The van der Waals surface area contributed by atoms with Gasteiger partial charge in [-0.1, -0.05) is 41.9 Å². The number of hydrogen-bond donors (Lipinski definition) is 0. The summed E-state index contributed by atoms with van der Waals surface area (Å²) in [5.74, 6) is -1.27. The quantitative estimate of drug-likeness (QED) is 0.811. The van der Waals surface area contributed by atoms with E-state index >= 15 is 0 Å². The van der Waals surface area contributed by atoms with Crippen LogP contribution < -0.4 is 0 Å². The Labute approximate surface area is 137 Å². The highest BCUT2D eigenvalue weighted by atomic mass is 35.5. The summed E-state index contributed by atoms with van der Waals surface area (Å²) in [5.41, 5.74) is 1.22. The molecule has 1 saturated heterocycles. The van der Waals surface area contributed by atoms with Crippen LogP contribution in [0.4, 0.5) is 4.39 Å². The number of ether oxygens (including phenoxy) is 1. The van der Waals surface area contributed by atoms with Crippen LogP contribution in [0.1, 0.15) is 17.2 Å². The number of esters is 1. The lowest BCUT2D eigenvalue weighted by molar-refractivity contribution is -0.170. The van der Waals surface area contributed by atoms with Crippen molar-refractivity contribution in [1.82, 2.24) is 4.90 Å². The summed E-state index contributed by atoms with van der Waals surface area (Å²) in [6.45, 7) is -0.128. The molecule has 0 saturated carbocycles. The first kappa shape index (κ1) is 15.5. The summed E-state index contributed by atoms with van der Waals surface area (Å²) in [4.78, 5) is 25.8. The average Bonchev–Trinajstić information content (AvgIpc) is 2.54. The van der Waals surface area contributed by atoms with Gasteiger partial charge in [0, 0.05) is 11.6 Å². The largest absolute Gasteiger partial charge is 0.454 e. The summed E-state index contributed by atoms with van der Waals surface area (Å²) in [6.07, 6.45) is 0. The number of halogens is 2. The number of morpholine rings is 1. The van der Waals surface area contributed by atoms with Gasteiger partial charge >= 0.3 is 5.97 Å². The Kier molecular flexibility index (Phi) is 4.30. The second-order valence-corrected chi connectivity index (χ2v) is 5.58. The number of rotatable bonds is 3. The van der Waals surface area contributed by atoms with Crippen LogP contribution in [0.15, 0.2) is 48.5 Å². The third kappa shape index (κ3) is 3.19. The summed E-state index contributed by atoms with van der Waals surface area (Å²) in [6, 6.07) is 11.6. The molecule has 1 aliphatic heterocycles. The summed E-state index contributed by atoms with van der Waals surface area (Å²) < 4.78 is 18.0. The van der Waals surface area contributed by atoms with E-state index in [9.17, 15) is 14.0 Å². The molecule has 1 unspecified atom stereocenters. The fraction of sp³-hybridized carbons (Fsp3) is 0.176. The maximum absolute atomic E-state index is 13.1. The molecule has 2 aromatic rings. The molecule has 1 aliphatic rings. The van der Waals surface area contributed by atoms with E-state index in [1.807, 2.05) is 0 Å². The molecule has 0 aromatic heterocycles. The molecule has 1 atom stereocenters. The topological polar surface area (TPSA) is 46.6 Å². The van der Waals surface area contributed by atoms with Gasteiger partial charge < -0.3 is 9.64 Å². The summed E-state index contributed by atoms with van der Waals surface area (Å²) >= 11 is 6.14. The third-order valence-electron chi connectivity index (χ3n) is 3.68. The predicted molar refractivity (Wildman–Crippen MR) is 82.1 cm³/mol. The Bertz CT molecular complexity index is 748. The van der Waals surface area contributed by atoms with E-state index in [4.69, 9.17) is 16.3 Å². The van der Waals surface area contributed by atoms with E-state index in [1.54, 1.807) is 24.3 Å². The van der Waals surface area contributed by atoms with Gasteiger partial charge in [0.05, 0.1) is 0 Å². The SMILES string of the molecule is O=C1OCC(=O)N(Cc2ccccc2Cl)C1c1ccc(F)cc1. The Balaban J connectivity index is 1.96. The summed E-state index contributed by atoms with van der Waals surface area (Å²) in [7, 11) is 0. The number of carbonyl (C=O) groups is 2. The van der Waals surface area contributed by atoms with Crippen molar-refractivity contribution in [2.45, 2.75) is 12.6 Å². The zero-order valence-corrected chi connectivity index (χ0v) is 12.8. The van der Waals surface area contributed by atoms with Crippen molar-refractivity contribution < 1.29 is 18.7 Å². The van der Waals surface area contributed by atoms with E-state index in [1.165, 1.54) is 29.2 Å². The predicted octanol–water partition coefficient (Wildman–Crippen LogP) is 3.11. The number of carbonyl (C=O) groups excluding carboxylic acids is 2. The molecule has 0 radical (unpaired) electrons. The monoisotopic (exact) mass is 333 g/mol. The van der Waals surface area contributed by atoms with Crippen LogP contribution in [0.5, 0.6) is 0 Å². The Morgan fingerprint density at radius 2 is 1.83 bits per heavy atom. The maximum Gasteiger partial charge on any atom is 0.334 e. The molecular weight excluding hydrogens is 321 g/mol. The van der Waals surface area contributed by atoms with Crippen molar-refractivity contribution in [3.63, 3.8) is 0 Å². The highest BCUT2D eigenvalue weighted by Gasteiger charge is 2.37. The molecule has 1 heterocycles. The van der Waals surface area contributed by atoms with Crippen LogP contribution in [0.2, 0.25) is 5.02 Å². The van der Waals surface area contributed by atoms with Crippen molar-refractivity contribution >= 4 is 23.5 Å². The van der Waals surface area contributed by atoms with Crippen molar-refractivity contribution in [3.8, 4) is 0 Å². The van der Waals surface area contributed by atoms with Gasteiger partial charge in [0.15, 0.2) is 12.6 Å².